The molecule has 32 aromatic rings. The normalized spacial score (nSPS) is 11.8. The molecule has 0 fully saturated rings. The first-order valence-electron chi connectivity index (χ1n) is 50.2. The van der Waals surface area contributed by atoms with E-state index in [1.54, 1.807) is 0 Å². The summed E-state index contributed by atoms with van der Waals surface area (Å²) < 4.78 is 25.3. The molecule has 0 unspecified atom stereocenters. The minimum absolute atomic E-state index is 0.920. The molecule has 8 heteroatoms. The van der Waals surface area contributed by atoms with E-state index >= 15 is 0 Å². The van der Waals surface area contributed by atoms with Crippen LogP contribution in [-0.4, -0.2) is 19.9 Å². The van der Waals surface area contributed by atoms with Crippen LogP contribution in [0.15, 0.2) is 528 Å². The van der Waals surface area contributed by atoms with Crippen LogP contribution in [0.25, 0.3) is 306 Å². The van der Waals surface area contributed by atoms with Gasteiger partial charge in [-0.3, -0.25) is 19.9 Å². The molecule has 8 nitrogen and oxygen atoms in total. The second kappa shape index (κ2) is 35.1. The smallest absolute Gasteiger partial charge is 0.143 e. The van der Waals surface area contributed by atoms with Crippen LogP contribution in [0.4, 0.5) is 0 Å². The van der Waals surface area contributed by atoms with Gasteiger partial charge in [0.25, 0.3) is 0 Å². The lowest BCUT2D eigenvalue weighted by atomic mass is 9.92. The fourth-order valence-electron chi connectivity index (χ4n) is 23.3. The average molecular weight is 1890 g/mol. The highest BCUT2D eigenvalue weighted by Gasteiger charge is 2.23. The number of nitrogens with zero attached hydrogens (tertiary/aromatic N) is 4. The summed E-state index contributed by atoms with van der Waals surface area (Å²) in [6.07, 6.45) is 15.5. The third-order valence-corrected chi connectivity index (χ3v) is 30.2. The summed E-state index contributed by atoms with van der Waals surface area (Å²) in [5.74, 6) is 0. The zero-order chi connectivity index (χ0) is 97.4. The molecule has 8 aromatic heterocycles. The van der Waals surface area contributed by atoms with Crippen LogP contribution in [-0.2, 0) is 0 Å². The zero-order valence-corrected chi connectivity index (χ0v) is 79.9. The number of para-hydroxylation sites is 8. The summed E-state index contributed by atoms with van der Waals surface area (Å²) in [6, 6.07) is 164. The van der Waals surface area contributed by atoms with Crippen LogP contribution in [0.5, 0.6) is 0 Å². The Morgan fingerprint density at radius 3 is 0.541 bits per heavy atom. The standard InChI is InChI=1S/4C35H21NO/c1-2-10-27-26(9-1)32-20-23(15-16-28(32)29-17-18-36-21-33(27)29)22-7-5-8-24(19-22)25-12-6-13-31-30-11-3-4-14-34(30)37-35(25)31;1-2-10-27-26(9-1)29-17-18-36-21-33(29)28-16-15-23(20-32(27)28)22-7-5-8-24(19-22)25-12-6-13-31-30-11-3-4-14-34(30)37-35(25)31;1-2-10-27-26(9-1)28-16-15-23(20-32(28)29-17-18-36-21-33(27)29)22-7-5-8-24(19-22)25-12-6-13-31-30-11-3-4-14-34(30)37-35(25)31;1-2-10-27-26(9-1)28-16-15-23(20-32(28)33-21-36-18-17-29(27)33)22-7-5-8-24(19-22)25-12-6-13-31-30-11-3-4-14-34(30)37-35(25)31/h4*1-21H. The lowest BCUT2D eigenvalue weighted by Crippen LogP contribution is -1.86. The maximum absolute atomic E-state index is 6.33. The molecule has 0 N–H and O–H groups in total. The fraction of sp³-hybridized carbons (Fsp3) is 0. The van der Waals surface area contributed by atoms with Gasteiger partial charge in [0, 0.05) is 136 Å². The summed E-state index contributed by atoms with van der Waals surface area (Å²) in [6.45, 7) is 0. The largest absolute Gasteiger partial charge is 0.455 e. The Hall–Kier alpha value is -19.8. The molecule has 32 rings (SSSR count). The van der Waals surface area contributed by atoms with E-state index in [0.29, 0.717) is 0 Å². The molecule has 0 aliphatic heterocycles. The molecule has 0 amide bonds. The number of rotatable bonds is 8. The molecule has 0 aliphatic carbocycles. The van der Waals surface area contributed by atoms with Gasteiger partial charge in [0.05, 0.1) is 0 Å². The van der Waals surface area contributed by atoms with Gasteiger partial charge in [0.15, 0.2) is 0 Å². The highest BCUT2D eigenvalue weighted by molar-refractivity contribution is 6.30. The van der Waals surface area contributed by atoms with Crippen LogP contribution in [0.3, 0.4) is 0 Å². The maximum Gasteiger partial charge on any atom is 0.143 e. The van der Waals surface area contributed by atoms with Crippen molar-refractivity contribution < 1.29 is 17.7 Å². The minimum Gasteiger partial charge on any atom is -0.455 e. The summed E-state index contributed by atoms with van der Waals surface area (Å²) in [5, 5.41) is 38.9. The third-order valence-electron chi connectivity index (χ3n) is 30.2. The van der Waals surface area contributed by atoms with Crippen molar-refractivity contribution in [3.05, 3.63) is 511 Å². The molecule has 0 atom stereocenters. The van der Waals surface area contributed by atoms with Crippen molar-refractivity contribution >= 4 is 217 Å². The van der Waals surface area contributed by atoms with Gasteiger partial charge in [0.1, 0.15) is 44.7 Å². The quantitative estimate of drug-likeness (QED) is 0.139. The van der Waals surface area contributed by atoms with E-state index in [1.165, 1.54) is 174 Å². The van der Waals surface area contributed by atoms with Crippen LogP contribution in [0.1, 0.15) is 0 Å². The third kappa shape index (κ3) is 14.3. The second-order valence-electron chi connectivity index (χ2n) is 38.4. The first-order valence-corrected chi connectivity index (χ1v) is 50.2. The van der Waals surface area contributed by atoms with E-state index in [9.17, 15) is 0 Å². The number of aromatic nitrogens is 4. The van der Waals surface area contributed by atoms with Crippen molar-refractivity contribution in [2.24, 2.45) is 0 Å². The van der Waals surface area contributed by atoms with Crippen LogP contribution >= 0.6 is 0 Å². The van der Waals surface area contributed by atoms with E-state index in [0.717, 1.165) is 132 Å². The van der Waals surface area contributed by atoms with Crippen molar-refractivity contribution in [2.45, 2.75) is 0 Å². The lowest BCUT2D eigenvalue weighted by Gasteiger charge is -2.12. The van der Waals surface area contributed by atoms with Gasteiger partial charge < -0.3 is 17.7 Å². The summed E-state index contributed by atoms with van der Waals surface area (Å²) in [5.41, 5.74) is 26.0. The van der Waals surface area contributed by atoms with Crippen LogP contribution in [0.2, 0.25) is 0 Å². The van der Waals surface area contributed by atoms with E-state index in [-0.39, 0.29) is 0 Å². The van der Waals surface area contributed by atoms with Crippen molar-refractivity contribution in [1.82, 2.24) is 19.9 Å². The summed E-state index contributed by atoms with van der Waals surface area (Å²) in [7, 11) is 0. The number of furan rings is 4. The minimum atomic E-state index is 0.920. The van der Waals surface area contributed by atoms with Crippen LogP contribution < -0.4 is 0 Å². The van der Waals surface area contributed by atoms with E-state index in [1.807, 2.05) is 98.1 Å². The molecule has 0 aliphatic rings. The predicted molar refractivity (Wildman–Crippen MR) is 620 cm³/mol. The predicted octanol–water partition coefficient (Wildman–Crippen LogP) is 39.1. The number of pyridine rings is 4. The highest BCUT2D eigenvalue weighted by atomic mass is 16.3. The Bertz CT molecular complexity index is 9710. The molecule has 688 valence electrons. The first kappa shape index (κ1) is 85.0. The molecule has 24 aromatic carbocycles. The molecule has 0 radical (unpaired) electrons. The van der Waals surface area contributed by atoms with Crippen LogP contribution in [0, 0.1) is 0 Å². The first-order chi connectivity index (χ1) is 73.4. The Morgan fingerprint density at radius 1 is 0.108 bits per heavy atom. The van der Waals surface area contributed by atoms with Gasteiger partial charge in [-0.1, -0.05) is 364 Å². The SMILES string of the molecule is c1cc(-c2ccc3c4ccccc4c4ccncc4c3c2)cc(-c2cccc3c2oc2ccccc23)c1.c1cc(-c2ccc3c4ccccc4c4cnccc4c3c2)cc(-c2cccc3c2oc2ccccc23)c1.c1cc(-c2ccc3c4ccncc4c4ccccc4c3c2)cc(-c2cccc3c2oc2ccccc23)c1.c1cc(-c2ccc3c4cnccc4c4ccccc4c3c2)cc(-c2cccc3c2oc2ccccc23)c1. The van der Waals surface area contributed by atoms with Gasteiger partial charge >= 0.3 is 0 Å². The number of fused-ring (bicyclic) bond motifs is 36. The van der Waals surface area contributed by atoms with Crippen molar-refractivity contribution in [1.29, 1.82) is 0 Å². The molecular weight excluding hydrogens is 1800 g/mol. The number of benzene rings is 24. The van der Waals surface area contributed by atoms with Crippen molar-refractivity contribution in [3.8, 4) is 89.0 Å². The topological polar surface area (TPSA) is 104 Å². The fourth-order valence-corrected chi connectivity index (χ4v) is 23.3. The Balaban J connectivity index is 0.0000000930. The van der Waals surface area contributed by atoms with Gasteiger partial charge in [-0.25, -0.2) is 0 Å². The summed E-state index contributed by atoms with van der Waals surface area (Å²) >= 11 is 0. The molecule has 8 heterocycles. The maximum atomic E-state index is 6.33. The number of hydrogen-bond donors (Lipinski definition) is 0. The zero-order valence-electron chi connectivity index (χ0n) is 79.9. The average Bonchev–Trinajstić information content (AvgIpc) is 1.65. The lowest BCUT2D eigenvalue weighted by molar-refractivity contribution is 0.669. The van der Waals surface area contributed by atoms with Gasteiger partial charge in [-0.15, -0.1) is 0 Å². The van der Waals surface area contributed by atoms with E-state index in [2.05, 4.69) is 432 Å². The number of hydrogen-bond acceptors (Lipinski definition) is 8. The van der Waals surface area contributed by atoms with Gasteiger partial charge in [-0.05, 0) is 272 Å². The summed E-state index contributed by atoms with van der Waals surface area (Å²) in [4.78, 5) is 17.7. The second-order valence-corrected chi connectivity index (χ2v) is 38.4. The Labute approximate surface area is 848 Å². The molecule has 0 bridgehead atoms. The molecular formula is C140H84N4O4. The van der Waals surface area contributed by atoms with Crippen molar-refractivity contribution in [2.75, 3.05) is 0 Å². The van der Waals surface area contributed by atoms with Gasteiger partial charge in [0.2, 0.25) is 0 Å². The highest BCUT2D eigenvalue weighted by Crippen LogP contribution is 2.48. The molecule has 0 saturated carbocycles. The van der Waals surface area contributed by atoms with E-state index in [4.69, 9.17) is 17.7 Å². The monoisotopic (exact) mass is 1880 g/mol. The Kier molecular flexibility index (Phi) is 20.2. The molecule has 0 saturated heterocycles. The Morgan fingerprint density at radius 2 is 0.277 bits per heavy atom. The van der Waals surface area contributed by atoms with E-state index < -0.39 is 0 Å². The molecule has 148 heavy (non-hydrogen) atoms. The van der Waals surface area contributed by atoms with Gasteiger partial charge in [-0.2, -0.15) is 0 Å². The van der Waals surface area contributed by atoms with Crippen molar-refractivity contribution in [3.63, 3.8) is 0 Å². The molecule has 0 spiro atoms.